The van der Waals surface area contributed by atoms with Crippen LogP contribution in [0.4, 0.5) is 38.5 Å². The van der Waals surface area contributed by atoms with Crippen LogP contribution in [-0.2, 0) is 18.9 Å². The van der Waals surface area contributed by atoms with Crippen LogP contribution in [0.2, 0.25) is 0 Å². The largest absolute Gasteiger partial charge is 0.493 e. The third kappa shape index (κ3) is 27.0. The summed E-state index contributed by atoms with van der Waals surface area (Å²) in [7, 11) is 0. The second-order valence-electron chi connectivity index (χ2n) is 26.1. The van der Waals surface area contributed by atoms with Gasteiger partial charge in [0.2, 0.25) is 0 Å². The highest BCUT2D eigenvalue weighted by Gasteiger charge is 2.19. The van der Waals surface area contributed by atoms with Gasteiger partial charge in [-0.3, -0.25) is 24.6 Å². The van der Waals surface area contributed by atoms with E-state index in [4.69, 9.17) is 48.3 Å². The van der Waals surface area contributed by atoms with Gasteiger partial charge < -0.3 is 59.0 Å². The van der Waals surface area contributed by atoms with Gasteiger partial charge in [0.25, 0.3) is 0 Å². The highest BCUT2D eigenvalue weighted by molar-refractivity contribution is 7.14. The third-order valence-corrected chi connectivity index (χ3v) is 20.5. The average molecular weight is 1590 g/mol. The number of hydrogen-bond acceptors (Lipinski definition) is 30. The van der Waals surface area contributed by atoms with E-state index in [1.54, 1.807) is 41.5 Å². The lowest BCUT2D eigenvalue weighted by Gasteiger charge is -2.26. The Kier molecular flexibility index (Phi) is 37.4. The summed E-state index contributed by atoms with van der Waals surface area (Å²) in [5, 5.41) is 38.3. The number of aliphatic imine (C=N–C) groups is 1. The van der Waals surface area contributed by atoms with Crippen LogP contribution in [0.25, 0.3) is 32.7 Å². The molecule has 0 aliphatic carbocycles. The van der Waals surface area contributed by atoms with Crippen molar-refractivity contribution in [3.05, 3.63) is 129 Å². The van der Waals surface area contributed by atoms with Gasteiger partial charge in [0.1, 0.15) is 65.5 Å². The molecule has 0 unspecified atom stereocenters. The number of hydrogen-bond donors (Lipinski definition) is 4. The number of aromatic carboxylic acids is 1. The Hall–Kier alpha value is -9.30. The minimum absolute atomic E-state index is 0. The van der Waals surface area contributed by atoms with Gasteiger partial charge in [-0.2, -0.15) is 5.26 Å². The number of benzene rings is 4. The molecule has 14 rings (SSSR count). The average Bonchev–Trinajstić information content (AvgIpc) is 1.12. The minimum atomic E-state index is -1.06. The SMILES string of the molecule is C.C.C.C.CC=Nc1cc(OCCCN2CCOCC2)c(C)cc1C#N.Cc1cc2c(Nc3nc(C(=O)O)cs3)ncnc2cc1OCCCN1CCOCC1.Cc1csc(Nc2ncnc3cc(OCCCN4CCOCC4)c(C)cc23)n1.Cc1csc(Nc2ncnc3cc(OCCCN4CCOCC4)c(C)cc23)n1. The number of carbonyl (C=O) groups is 1. The van der Waals surface area contributed by atoms with Crippen molar-refractivity contribution >= 4 is 117 Å². The van der Waals surface area contributed by atoms with Crippen LogP contribution in [0.1, 0.15) is 112 Å². The molecule has 31 heteroatoms. The van der Waals surface area contributed by atoms with Crippen LogP contribution in [0.15, 0.2) is 88.6 Å². The zero-order valence-corrected chi connectivity index (χ0v) is 65.0. The van der Waals surface area contributed by atoms with E-state index < -0.39 is 5.97 Å². The molecule has 6 aromatic heterocycles. The van der Waals surface area contributed by atoms with Crippen LogP contribution in [-0.4, -0.2) is 240 Å². The molecule has 0 amide bonds. The van der Waals surface area contributed by atoms with Gasteiger partial charge in [-0.05, 0) is 121 Å². The molecule has 0 radical (unpaired) electrons. The normalized spacial score (nSPS) is 14.6. The van der Waals surface area contributed by atoms with Crippen molar-refractivity contribution in [2.75, 3.05) is 174 Å². The van der Waals surface area contributed by atoms with Gasteiger partial charge >= 0.3 is 5.97 Å². The van der Waals surface area contributed by atoms with Gasteiger partial charge in [0, 0.05) is 141 Å². The Morgan fingerprint density at radius 3 is 1.08 bits per heavy atom. The molecule has 10 aromatic rings. The second-order valence-corrected chi connectivity index (χ2v) is 28.7. The van der Waals surface area contributed by atoms with Crippen molar-refractivity contribution in [1.29, 1.82) is 5.26 Å². The summed E-state index contributed by atoms with van der Waals surface area (Å²) >= 11 is 4.35. The predicted octanol–water partition coefficient (Wildman–Crippen LogP) is 15.3. The number of nitrogens with one attached hydrogen (secondary N) is 3. The number of anilines is 6. The molecule has 28 nitrogen and oxygen atoms in total. The molecule has 604 valence electrons. The number of nitrogens with zero attached hydrogens (tertiary/aromatic N) is 15. The lowest BCUT2D eigenvalue weighted by molar-refractivity contribution is 0.0357. The van der Waals surface area contributed by atoms with Gasteiger partial charge in [-0.25, -0.2) is 49.7 Å². The molecule has 4 fully saturated rings. The van der Waals surface area contributed by atoms with Crippen molar-refractivity contribution in [3.63, 3.8) is 0 Å². The summed E-state index contributed by atoms with van der Waals surface area (Å²) in [6.07, 6.45) is 10.2. The fourth-order valence-corrected chi connectivity index (χ4v) is 14.3. The van der Waals surface area contributed by atoms with E-state index in [0.717, 1.165) is 268 Å². The van der Waals surface area contributed by atoms with Crippen molar-refractivity contribution in [2.24, 2.45) is 4.99 Å². The van der Waals surface area contributed by atoms with Crippen LogP contribution in [0.5, 0.6) is 23.0 Å². The standard InChI is InChI=1S/C20H23N5O4S.2C20H25N5O2S.C17H23N3O2.4CH4/c1-13-9-14-15(10-17(13)29-6-2-3-25-4-7-28-8-5-25)21-12-22-18(14)24-20-23-16(11-30-20)19(26)27;2*1-14-10-16-17(21-13-22-19(16)24-20-23-15(2)12-28-20)11-18(14)27-7-3-4-25-5-8-26-9-6-25;1-3-19-16-12-17(14(2)11-15(16)13-18)22-8-4-5-20-6-9-21-10-7-20;;;;/h9-12H,2-8H2,1H3,(H,26,27)(H,21,22,23,24);2*10-13H,3-9H2,1-2H3,(H,21,22,23,24);3,11-12H,4-10H2,1-2H3;4*1H4. The van der Waals surface area contributed by atoms with E-state index in [-0.39, 0.29) is 35.4 Å². The summed E-state index contributed by atoms with van der Waals surface area (Å²) < 4.78 is 45.5. The molecule has 112 heavy (non-hydrogen) atoms. The van der Waals surface area contributed by atoms with Gasteiger partial charge in [0.15, 0.2) is 21.1 Å². The molecular weight excluding hydrogens is 1480 g/mol. The third-order valence-electron chi connectivity index (χ3n) is 18.0. The van der Waals surface area contributed by atoms with Gasteiger partial charge in [-0.15, -0.1) is 34.0 Å². The van der Waals surface area contributed by atoms with Crippen molar-refractivity contribution in [1.82, 2.24) is 64.5 Å². The summed E-state index contributed by atoms with van der Waals surface area (Å²) in [6.45, 7) is 35.3. The number of fused-ring (bicyclic) bond motifs is 3. The number of aryl methyl sites for hydroxylation is 6. The first-order valence-electron chi connectivity index (χ1n) is 36.6. The van der Waals surface area contributed by atoms with Crippen LogP contribution in [0, 0.1) is 52.9 Å². The van der Waals surface area contributed by atoms with E-state index in [9.17, 15) is 4.79 Å². The van der Waals surface area contributed by atoms with E-state index >= 15 is 0 Å². The highest BCUT2D eigenvalue weighted by atomic mass is 32.1. The van der Waals surface area contributed by atoms with E-state index in [0.29, 0.717) is 48.6 Å². The summed E-state index contributed by atoms with van der Waals surface area (Å²) in [6, 6.07) is 17.9. The van der Waals surface area contributed by atoms with Crippen molar-refractivity contribution < 1.29 is 47.8 Å². The molecule has 0 bridgehead atoms. The van der Waals surface area contributed by atoms with E-state index in [1.807, 2.05) is 81.8 Å². The Balaban J connectivity index is 0.000000206. The van der Waals surface area contributed by atoms with Gasteiger partial charge in [-0.1, -0.05) is 29.7 Å². The lowest BCUT2D eigenvalue weighted by atomic mass is 10.1. The monoisotopic (exact) mass is 1590 g/mol. The number of nitriles is 1. The first-order chi connectivity index (χ1) is 52.7. The molecular formula is C81H112N18O10S3. The molecule has 0 saturated carbocycles. The second kappa shape index (κ2) is 46.6. The number of carboxylic acids is 1. The smallest absolute Gasteiger partial charge is 0.355 e. The van der Waals surface area contributed by atoms with Crippen molar-refractivity contribution in [2.45, 2.75) is 104 Å². The Bertz CT molecular complexity index is 4460. The Labute approximate surface area is 671 Å². The zero-order valence-electron chi connectivity index (χ0n) is 62.5. The maximum Gasteiger partial charge on any atom is 0.355 e. The fourth-order valence-electron chi connectivity index (χ4n) is 12.2. The van der Waals surface area contributed by atoms with Crippen LogP contribution in [0.3, 0.4) is 0 Å². The number of ether oxygens (including phenoxy) is 8. The number of rotatable bonds is 28. The molecule has 4 saturated heterocycles. The summed E-state index contributed by atoms with van der Waals surface area (Å²) in [5.41, 5.74) is 9.81. The first-order valence-corrected chi connectivity index (χ1v) is 39.2. The molecule has 4 aliphatic rings. The maximum atomic E-state index is 11.0. The Morgan fingerprint density at radius 1 is 0.473 bits per heavy atom. The van der Waals surface area contributed by atoms with Crippen LogP contribution >= 0.6 is 34.0 Å². The van der Waals surface area contributed by atoms with Crippen LogP contribution < -0.4 is 34.9 Å². The topological polar surface area (TPSA) is 312 Å². The minimum Gasteiger partial charge on any atom is -0.493 e. The molecule has 4 aromatic carbocycles. The summed E-state index contributed by atoms with van der Waals surface area (Å²) in [4.78, 5) is 64.1. The van der Waals surface area contributed by atoms with Gasteiger partial charge in [0.05, 0.1) is 118 Å². The van der Waals surface area contributed by atoms with Crippen molar-refractivity contribution in [3.8, 4) is 29.1 Å². The molecule has 4 aliphatic heterocycles. The zero-order chi connectivity index (χ0) is 75.4. The van der Waals surface area contributed by atoms with E-state index in [2.05, 4.69) is 117 Å². The predicted molar refractivity (Wildman–Crippen MR) is 452 cm³/mol. The van der Waals surface area contributed by atoms with E-state index in [1.165, 1.54) is 23.0 Å². The Morgan fingerprint density at radius 2 is 0.786 bits per heavy atom. The number of aromatic nitrogens is 9. The number of morpholine rings is 4. The quantitative estimate of drug-likeness (QED) is 0.0261. The highest BCUT2D eigenvalue weighted by Crippen LogP contribution is 2.35. The molecule has 10 heterocycles. The number of carboxylic acid groups (broad SMARTS) is 1. The molecule has 0 atom stereocenters. The first kappa shape index (κ1) is 89.9. The summed E-state index contributed by atoms with van der Waals surface area (Å²) in [5.74, 6) is 4.42. The lowest BCUT2D eigenvalue weighted by Crippen LogP contribution is -2.37. The number of thiazole rings is 3. The molecule has 0 spiro atoms. The fraction of sp³-hybridized carbons (Fsp3) is 0.481. The molecule has 4 N–H and O–H groups in total. The maximum absolute atomic E-state index is 11.0.